The topological polar surface area (TPSA) is 55.4 Å². The van der Waals surface area contributed by atoms with Gasteiger partial charge in [0.1, 0.15) is 11.8 Å². The first-order valence-corrected chi connectivity index (χ1v) is 5.55. The lowest BCUT2D eigenvalue weighted by Crippen LogP contribution is -2.39. The number of ether oxygens (including phenoxy) is 1. The maximum atomic E-state index is 11.4. The van der Waals surface area contributed by atoms with E-state index in [0.29, 0.717) is 5.75 Å². The summed E-state index contributed by atoms with van der Waals surface area (Å²) in [6.07, 6.45) is 0. The van der Waals surface area contributed by atoms with E-state index >= 15 is 0 Å². The lowest BCUT2D eigenvalue weighted by atomic mass is 10.2. The number of hydrogen-bond acceptors (Lipinski definition) is 3. The Morgan fingerprint density at radius 1 is 1.35 bits per heavy atom. The van der Waals surface area contributed by atoms with Crippen molar-refractivity contribution in [3.8, 4) is 5.75 Å². The summed E-state index contributed by atoms with van der Waals surface area (Å²) in [4.78, 5) is 22.1. The number of aryl methyl sites for hydroxylation is 1. The molecule has 5 heteroatoms. The van der Waals surface area contributed by atoms with Gasteiger partial charge in [0, 0.05) is 0 Å². The maximum absolute atomic E-state index is 11.4. The number of halogens is 1. The van der Waals surface area contributed by atoms with E-state index in [2.05, 4.69) is 5.32 Å². The maximum Gasteiger partial charge on any atom is 0.258 e. The van der Waals surface area contributed by atoms with Crippen molar-refractivity contribution in [2.24, 2.45) is 0 Å². The summed E-state index contributed by atoms with van der Waals surface area (Å²) in [6.45, 7) is 3.33. The predicted molar refractivity (Wildman–Crippen MR) is 65.1 cm³/mol. The molecule has 0 aliphatic rings. The van der Waals surface area contributed by atoms with Gasteiger partial charge >= 0.3 is 0 Å². The van der Waals surface area contributed by atoms with Gasteiger partial charge in [0.05, 0.1) is 0 Å². The summed E-state index contributed by atoms with van der Waals surface area (Å²) in [6, 6.07) is 6.62. The van der Waals surface area contributed by atoms with Crippen LogP contribution in [0.2, 0.25) is 0 Å². The van der Waals surface area contributed by atoms with Gasteiger partial charge in [0.25, 0.3) is 5.91 Å². The summed E-state index contributed by atoms with van der Waals surface area (Å²) in [5, 5.41) is 1.81. The minimum atomic E-state index is -0.703. The Bertz CT molecular complexity index is 403. The number of carbonyl (C=O) groups is 2. The molecule has 1 rings (SSSR count). The van der Waals surface area contributed by atoms with Crippen molar-refractivity contribution in [2.45, 2.75) is 19.9 Å². The highest BCUT2D eigenvalue weighted by Gasteiger charge is 2.13. The molecule has 0 aliphatic heterocycles. The number of rotatable bonds is 5. The summed E-state index contributed by atoms with van der Waals surface area (Å²) >= 11 is 5.21. The van der Waals surface area contributed by atoms with Crippen LogP contribution in [0.4, 0.5) is 0 Å². The van der Waals surface area contributed by atoms with Crippen molar-refractivity contribution in [3.63, 3.8) is 0 Å². The lowest BCUT2D eigenvalue weighted by molar-refractivity contribution is -0.126. The van der Waals surface area contributed by atoms with E-state index in [-0.39, 0.29) is 12.5 Å². The molecule has 0 aliphatic carbocycles. The molecular formula is C12H14ClNO3. The van der Waals surface area contributed by atoms with Crippen molar-refractivity contribution in [1.82, 2.24) is 5.32 Å². The number of hydrogen-bond donors (Lipinski definition) is 1. The largest absolute Gasteiger partial charge is 0.484 e. The second-order valence-electron chi connectivity index (χ2n) is 3.70. The van der Waals surface area contributed by atoms with Gasteiger partial charge in [0.2, 0.25) is 5.24 Å². The third kappa shape index (κ3) is 4.87. The molecule has 0 aromatic heterocycles. The van der Waals surface area contributed by atoms with Crippen molar-refractivity contribution < 1.29 is 14.3 Å². The van der Waals surface area contributed by atoms with Gasteiger partial charge in [-0.05, 0) is 37.6 Å². The van der Waals surface area contributed by atoms with Gasteiger partial charge in [-0.25, -0.2) is 0 Å². The quantitative estimate of drug-likeness (QED) is 0.814. The third-order valence-corrected chi connectivity index (χ3v) is 2.44. The Kier molecular flexibility index (Phi) is 4.97. The Balaban J connectivity index is 2.38. The van der Waals surface area contributed by atoms with Gasteiger partial charge < -0.3 is 10.1 Å². The van der Waals surface area contributed by atoms with E-state index in [0.717, 1.165) is 5.56 Å². The van der Waals surface area contributed by atoms with Gasteiger partial charge in [-0.15, -0.1) is 0 Å². The van der Waals surface area contributed by atoms with Crippen LogP contribution in [0, 0.1) is 6.92 Å². The second-order valence-corrected chi connectivity index (χ2v) is 4.07. The predicted octanol–water partition coefficient (Wildman–Crippen LogP) is 1.64. The van der Waals surface area contributed by atoms with Gasteiger partial charge in [0.15, 0.2) is 6.61 Å². The van der Waals surface area contributed by atoms with Crippen LogP contribution in [-0.4, -0.2) is 23.8 Å². The third-order valence-electron chi connectivity index (χ3n) is 2.11. The molecule has 1 amide bonds. The molecule has 1 aromatic rings. The average molecular weight is 256 g/mol. The van der Waals surface area contributed by atoms with E-state index in [4.69, 9.17) is 16.3 Å². The minimum Gasteiger partial charge on any atom is -0.484 e. The Morgan fingerprint density at radius 3 is 2.47 bits per heavy atom. The molecule has 0 saturated carbocycles. The Morgan fingerprint density at radius 2 is 1.94 bits per heavy atom. The molecule has 1 unspecified atom stereocenters. The molecule has 1 atom stereocenters. The summed E-state index contributed by atoms with van der Waals surface area (Å²) in [7, 11) is 0. The van der Waals surface area contributed by atoms with E-state index in [9.17, 15) is 9.59 Å². The number of nitrogens with one attached hydrogen (secondary N) is 1. The second kappa shape index (κ2) is 6.25. The fraction of sp³-hybridized carbons (Fsp3) is 0.333. The first-order chi connectivity index (χ1) is 7.99. The van der Waals surface area contributed by atoms with E-state index < -0.39 is 11.3 Å². The van der Waals surface area contributed by atoms with E-state index in [1.165, 1.54) is 6.92 Å². The summed E-state index contributed by atoms with van der Waals surface area (Å²) < 4.78 is 5.24. The zero-order valence-electron chi connectivity index (χ0n) is 9.70. The van der Waals surface area contributed by atoms with Crippen molar-refractivity contribution in [2.75, 3.05) is 6.61 Å². The zero-order chi connectivity index (χ0) is 12.8. The van der Waals surface area contributed by atoms with Gasteiger partial charge in [-0.2, -0.15) is 0 Å². The van der Waals surface area contributed by atoms with Crippen LogP contribution in [-0.2, 0) is 9.59 Å². The molecule has 17 heavy (non-hydrogen) atoms. The van der Waals surface area contributed by atoms with Crippen molar-refractivity contribution in [3.05, 3.63) is 29.8 Å². The van der Waals surface area contributed by atoms with E-state index in [1.807, 2.05) is 19.1 Å². The molecule has 0 fully saturated rings. The molecule has 92 valence electrons. The fourth-order valence-electron chi connectivity index (χ4n) is 1.12. The van der Waals surface area contributed by atoms with Crippen molar-refractivity contribution in [1.29, 1.82) is 0 Å². The molecule has 0 spiro atoms. The monoisotopic (exact) mass is 255 g/mol. The minimum absolute atomic E-state index is 0.141. The highest BCUT2D eigenvalue weighted by atomic mass is 35.5. The molecular weight excluding hydrogens is 242 g/mol. The van der Waals surface area contributed by atoms with Crippen molar-refractivity contribution >= 4 is 22.8 Å². The SMILES string of the molecule is Cc1ccc(OCC(=O)NC(C)C(=O)Cl)cc1. The summed E-state index contributed by atoms with van der Waals surface area (Å²) in [5.74, 6) is 0.225. The zero-order valence-corrected chi connectivity index (χ0v) is 10.5. The molecule has 0 saturated heterocycles. The number of carbonyl (C=O) groups excluding carboxylic acids is 2. The molecule has 4 nitrogen and oxygen atoms in total. The Hall–Kier alpha value is -1.55. The van der Waals surface area contributed by atoms with Gasteiger partial charge in [-0.1, -0.05) is 17.7 Å². The molecule has 0 heterocycles. The number of benzene rings is 1. The highest BCUT2D eigenvalue weighted by molar-refractivity contribution is 6.64. The summed E-state index contributed by atoms with van der Waals surface area (Å²) in [5.41, 5.74) is 1.11. The van der Waals surface area contributed by atoms with E-state index in [1.54, 1.807) is 12.1 Å². The molecule has 0 radical (unpaired) electrons. The molecule has 0 bridgehead atoms. The lowest BCUT2D eigenvalue weighted by Gasteiger charge is -2.10. The number of amides is 1. The standard InChI is InChI=1S/C12H14ClNO3/c1-8-3-5-10(6-4-8)17-7-11(15)14-9(2)12(13)16/h3-6,9H,7H2,1-2H3,(H,14,15). The smallest absolute Gasteiger partial charge is 0.258 e. The highest BCUT2D eigenvalue weighted by Crippen LogP contribution is 2.10. The van der Waals surface area contributed by atoms with Crippen LogP contribution in [0.3, 0.4) is 0 Å². The van der Waals surface area contributed by atoms with Crippen LogP contribution in [0.1, 0.15) is 12.5 Å². The molecule has 1 aromatic carbocycles. The first-order valence-electron chi connectivity index (χ1n) is 5.17. The first kappa shape index (κ1) is 13.5. The van der Waals surface area contributed by atoms with Crippen LogP contribution in [0.5, 0.6) is 5.75 Å². The normalized spacial score (nSPS) is 11.7. The fourth-order valence-corrected chi connectivity index (χ4v) is 1.18. The van der Waals surface area contributed by atoms with Gasteiger partial charge in [-0.3, -0.25) is 9.59 Å². The average Bonchev–Trinajstić information content (AvgIpc) is 2.28. The molecule has 1 N–H and O–H groups in total. The van der Waals surface area contributed by atoms with Crippen LogP contribution < -0.4 is 10.1 Å². The van der Waals surface area contributed by atoms with Crippen LogP contribution in [0.25, 0.3) is 0 Å². The van der Waals surface area contributed by atoms with Crippen LogP contribution in [0.15, 0.2) is 24.3 Å². The Labute approximate surface area is 105 Å². The van der Waals surface area contributed by atoms with Crippen LogP contribution >= 0.6 is 11.6 Å².